The molecule has 3 N–H and O–H groups in total. The topological polar surface area (TPSA) is 55.9 Å². The van der Waals surface area contributed by atoms with E-state index in [9.17, 15) is 0 Å². The first-order valence-corrected chi connectivity index (χ1v) is 7.58. The fourth-order valence-corrected chi connectivity index (χ4v) is 2.85. The standard InChI is InChI=1S/C14H18BrClN4/c1-8(2)20-14(11(15)7-18-20)13(19-17)10-5-4-9(3)12(16)6-10/h4-8,13,19H,17H2,1-3H3. The van der Waals surface area contributed by atoms with Gasteiger partial charge in [0.05, 0.1) is 22.4 Å². The molecule has 2 rings (SSSR count). The Hall–Kier alpha value is -0.880. The predicted molar refractivity (Wildman–Crippen MR) is 85.7 cm³/mol. The highest BCUT2D eigenvalue weighted by molar-refractivity contribution is 9.10. The number of hydrazine groups is 1. The van der Waals surface area contributed by atoms with Gasteiger partial charge >= 0.3 is 0 Å². The molecule has 2 aromatic rings. The van der Waals surface area contributed by atoms with E-state index in [1.54, 1.807) is 6.20 Å². The number of aromatic nitrogens is 2. The Morgan fingerprint density at radius 2 is 2.10 bits per heavy atom. The Bertz CT molecular complexity index is 609. The van der Waals surface area contributed by atoms with Gasteiger partial charge in [0, 0.05) is 11.1 Å². The number of nitrogens with zero attached hydrogens (tertiary/aromatic N) is 2. The van der Waals surface area contributed by atoms with Crippen molar-refractivity contribution < 1.29 is 0 Å². The molecule has 0 amide bonds. The lowest BCUT2D eigenvalue weighted by Gasteiger charge is -2.21. The van der Waals surface area contributed by atoms with Gasteiger partial charge in [0.2, 0.25) is 0 Å². The van der Waals surface area contributed by atoms with Crippen LogP contribution in [0.5, 0.6) is 0 Å². The molecule has 1 heterocycles. The highest BCUT2D eigenvalue weighted by Gasteiger charge is 2.22. The summed E-state index contributed by atoms with van der Waals surface area (Å²) in [6.45, 7) is 6.14. The number of nitrogens with one attached hydrogen (secondary N) is 1. The van der Waals surface area contributed by atoms with E-state index in [2.05, 4.69) is 40.3 Å². The molecule has 0 saturated carbocycles. The molecule has 0 aliphatic heterocycles. The summed E-state index contributed by atoms with van der Waals surface area (Å²) >= 11 is 9.76. The summed E-state index contributed by atoms with van der Waals surface area (Å²) < 4.78 is 2.87. The SMILES string of the molecule is Cc1ccc(C(NN)c2c(Br)cnn2C(C)C)cc1Cl. The van der Waals surface area contributed by atoms with Gasteiger partial charge in [0.25, 0.3) is 0 Å². The van der Waals surface area contributed by atoms with Gasteiger partial charge in [-0.05, 0) is 53.9 Å². The predicted octanol–water partition coefficient (Wildman–Crippen LogP) is 3.74. The first kappa shape index (κ1) is 15.5. The molecule has 0 saturated heterocycles. The molecule has 0 fully saturated rings. The van der Waals surface area contributed by atoms with Crippen LogP contribution < -0.4 is 11.3 Å². The molecule has 20 heavy (non-hydrogen) atoms. The van der Waals surface area contributed by atoms with Gasteiger partial charge in [0.1, 0.15) is 0 Å². The third-order valence-electron chi connectivity index (χ3n) is 3.25. The second-order valence-corrected chi connectivity index (χ2v) is 6.29. The van der Waals surface area contributed by atoms with E-state index < -0.39 is 0 Å². The third kappa shape index (κ3) is 2.91. The van der Waals surface area contributed by atoms with Crippen molar-refractivity contribution in [3.63, 3.8) is 0 Å². The summed E-state index contributed by atoms with van der Waals surface area (Å²) in [4.78, 5) is 0. The Morgan fingerprint density at radius 1 is 1.40 bits per heavy atom. The first-order valence-electron chi connectivity index (χ1n) is 6.40. The van der Waals surface area contributed by atoms with Crippen LogP contribution in [0.2, 0.25) is 5.02 Å². The van der Waals surface area contributed by atoms with Crippen molar-refractivity contribution in [1.29, 1.82) is 0 Å². The van der Waals surface area contributed by atoms with Gasteiger partial charge < -0.3 is 0 Å². The van der Waals surface area contributed by atoms with Crippen molar-refractivity contribution in [2.45, 2.75) is 32.9 Å². The monoisotopic (exact) mass is 356 g/mol. The molecule has 1 atom stereocenters. The molecular formula is C14H18BrClN4. The Kier molecular flexibility index (Phi) is 4.86. The first-order chi connectivity index (χ1) is 9.45. The third-order valence-corrected chi connectivity index (χ3v) is 4.26. The summed E-state index contributed by atoms with van der Waals surface area (Å²) in [7, 11) is 0. The zero-order valence-electron chi connectivity index (χ0n) is 11.7. The van der Waals surface area contributed by atoms with Gasteiger partial charge in [-0.25, -0.2) is 5.43 Å². The normalized spacial score (nSPS) is 12.9. The fraction of sp³-hybridized carbons (Fsp3) is 0.357. The number of hydrogen-bond donors (Lipinski definition) is 2. The largest absolute Gasteiger partial charge is 0.271 e. The molecule has 6 heteroatoms. The van der Waals surface area contributed by atoms with Gasteiger partial charge in [-0.2, -0.15) is 5.10 Å². The Labute approximate surface area is 132 Å². The van der Waals surface area contributed by atoms with Crippen molar-refractivity contribution >= 4 is 27.5 Å². The zero-order chi connectivity index (χ0) is 14.9. The molecule has 1 unspecified atom stereocenters. The van der Waals surface area contributed by atoms with Crippen LogP contribution in [-0.4, -0.2) is 9.78 Å². The maximum atomic E-state index is 6.22. The molecule has 108 valence electrons. The van der Waals surface area contributed by atoms with Gasteiger partial charge in [-0.1, -0.05) is 23.7 Å². The van der Waals surface area contributed by atoms with Gasteiger partial charge in [-0.3, -0.25) is 10.5 Å². The number of nitrogens with two attached hydrogens (primary N) is 1. The second-order valence-electron chi connectivity index (χ2n) is 5.02. The molecule has 1 aromatic heterocycles. The number of hydrogen-bond acceptors (Lipinski definition) is 3. The van der Waals surface area contributed by atoms with Crippen LogP contribution in [-0.2, 0) is 0 Å². The van der Waals surface area contributed by atoms with E-state index in [-0.39, 0.29) is 12.1 Å². The minimum atomic E-state index is -0.174. The van der Waals surface area contributed by atoms with Crippen molar-refractivity contribution in [3.8, 4) is 0 Å². The fourth-order valence-electron chi connectivity index (χ4n) is 2.15. The van der Waals surface area contributed by atoms with Crippen LogP contribution in [0.4, 0.5) is 0 Å². The summed E-state index contributed by atoms with van der Waals surface area (Å²) in [5.41, 5.74) is 5.89. The maximum Gasteiger partial charge on any atom is 0.0890 e. The number of rotatable bonds is 4. The summed E-state index contributed by atoms with van der Waals surface area (Å²) in [6, 6.07) is 6.02. The van der Waals surface area contributed by atoms with E-state index in [0.717, 1.165) is 26.3 Å². The van der Waals surface area contributed by atoms with Crippen molar-refractivity contribution in [1.82, 2.24) is 15.2 Å². The zero-order valence-corrected chi connectivity index (χ0v) is 14.0. The maximum absolute atomic E-state index is 6.22. The molecule has 0 radical (unpaired) electrons. The van der Waals surface area contributed by atoms with Crippen molar-refractivity contribution in [2.24, 2.45) is 5.84 Å². The van der Waals surface area contributed by atoms with E-state index in [0.29, 0.717) is 0 Å². The molecule has 0 aliphatic rings. The van der Waals surface area contributed by atoms with Crippen LogP contribution >= 0.6 is 27.5 Å². The number of halogens is 2. The van der Waals surface area contributed by atoms with Crippen molar-refractivity contribution in [2.75, 3.05) is 0 Å². The van der Waals surface area contributed by atoms with Crippen molar-refractivity contribution in [3.05, 3.63) is 50.7 Å². The lowest BCUT2D eigenvalue weighted by atomic mass is 10.0. The quantitative estimate of drug-likeness (QED) is 0.647. The van der Waals surface area contributed by atoms with Gasteiger partial charge in [0.15, 0.2) is 0 Å². The minimum absolute atomic E-state index is 0.174. The molecule has 1 aromatic carbocycles. The van der Waals surface area contributed by atoms with Gasteiger partial charge in [-0.15, -0.1) is 0 Å². The van der Waals surface area contributed by atoms with Crippen LogP contribution in [0.25, 0.3) is 0 Å². The summed E-state index contributed by atoms with van der Waals surface area (Å²) in [5.74, 6) is 5.77. The van der Waals surface area contributed by atoms with E-state index in [1.165, 1.54) is 0 Å². The number of benzene rings is 1. The van der Waals surface area contributed by atoms with Crippen LogP contribution in [0.3, 0.4) is 0 Å². The summed E-state index contributed by atoms with van der Waals surface area (Å²) in [5, 5.41) is 5.12. The molecule has 0 bridgehead atoms. The van der Waals surface area contributed by atoms with E-state index in [4.69, 9.17) is 17.4 Å². The van der Waals surface area contributed by atoms with E-state index in [1.807, 2.05) is 29.8 Å². The molecular weight excluding hydrogens is 340 g/mol. The lowest BCUT2D eigenvalue weighted by Crippen LogP contribution is -2.31. The number of aryl methyl sites for hydroxylation is 1. The van der Waals surface area contributed by atoms with Crippen LogP contribution in [0.1, 0.15) is 42.8 Å². The second kappa shape index (κ2) is 6.26. The smallest absolute Gasteiger partial charge is 0.0890 e. The lowest BCUT2D eigenvalue weighted by molar-refractivity contribution is 0.475. The Morgan fingerprint density at radius 3 is 2.65 bits per heavy atom. The van der Waals surface area contributed by atoms with Crippen LogP contribution in [0, 0.1) is 6.92 Å². The minimum Gasteiger partial charge on any atom is -0.271 e. The van der Waals surface area contributed by atoms with Crippen LogP contribution in [0.15, 0.2) is 28.9 Å². The highest BCUT2D eigenvalue weighted by atomic mass is 79.9. The molecule has 0 aliphatic carbocycles. The molecule has 0 spiro atoms. The Balaban J connectivity index is 2.52. The van der Waals surface area contributed by atoms with E-state index >= 15 is 0 Å². The summed E-state index contributed by atoms with van der Waals surface area (Å²) in [6.07, 6.45) is 1.79. The average molecular weight is 358 g/mol. The molecule has 4 nitrogen and oxygen atoms in total. The highest BCUT2D eigenvalue weighted by Crippen LogP contribution is 2.31. The average Bonchev–Trinajstić information content (AvgIpc) is 2.77.